The Morgan fingerprint density at radius 3 is 2.84 bits per heavy atom. The van der Waals surface area contributed by atoms with E-state index < -0.39 is 5.97 Å². The summed E-state index contributed by atoms with van der Waals surface area (Å²) in [7, 11) is 0. The summed E-state index contributed by atoms with van der Waals surface area (Å²) >= 11 is 6.01. The molecule has 3 aromatic rings. The fraction of sp³-hybridized carbons (Fsp3) is 0.263. The van der Waals surface area contributed by atoms with Crippen LogP contribution in [0.1, 0.15) is 34.2 Å². The lowest BCUT2D eigenvalue weighted by molar-refractivity contribution is 0.0697. The van der Waals surface area contributed by atoms with Gasteiger partial charge in [0.1, 0.15) is 5.52 Å². The van der Waals surface area contributed by atoms with Gasteiger partial charge in [-0.2, -0.15) is 0 Å². The van der Waals surface area contributed by atoms with Crippen LogP contribution < -0.4 is 0 Å². The Bertz CT molecular complexity index is 920. The Hall–Kier alpha value is -2.37. The molecule has 1 aromatic heterocycles. The van der Waals surface area contributed by atoms with E-state index in [2.05, 4.69) is 9.88 Å². The molecule has 0 saturated carbocycles. The van der Waals surface area contributed by atoms with Gasteiger partial charge in [-0.05, 0) is 48.9 Å². The third kappa shape index (κ3) is 3.38. The van der Waals surface area contributed by atoms with Crippen LogP contribution in [0.4, 0.5) is 0 Å². The average Bonchev–Trinajstić information content (AvgIpc) is 3.21. The van der Waals surface area contributed by atoms with Crippen LogP contribution in [0.3, 0.4) is 0 Å². The van der Waals surface area contributed by atoms with Crippen molar-refractivity contribution in [2.45, 2.75) is 18.9 Å². The minimum absolute atomic E-state index is 0.268. The van der Waals surface area contributed by atoms with Crippen molar-refractivity contribution in [3.63, 3.8) is 0 Å². The molecular weight excluding hydrogens is 340 g/mol. The smallest absolute Gasteiger partial charge is 0.335 e. The number of halogens is 1. The van der Waals surface area contributed by atoms with Gasteiger partial charge in [0, 0.05) is 24.0 Å². The molecule has 0 radical (unpaired) electrons. The number of aromatic nitrogens is 1. The van der Waals surface area contributed by atoms with E-state index in [9.17, 15) is 4.79 Å². The first kappa shape index (κ1) is 16.1. The molecule has 1 unspecified atom stereocenters. The number of fused-ring (bicyclic) bond motifs is 1. The molecule has 0 amide bonds. The standard InChI is InChI=1S/C19H17ClN2O3/c20-15-5-6-17-16(9-15)21-18(25-17)14-7-8-22(11-14)10-12-1-3-13(4-2-12)19(23)24/h1-6,9,14H,7-8,10-11H2,(H,23,24). The fourth-order valence-corrected chi connectivity index (χ4v) is 3.45. The van der Waals surface area contributed by atoms with Gasteiger partial charge in [-0.25, -0.2) is 9.78 Å². The molecule has 1 atom stereocenters. The molecule has 1 fully saturated rings. The van der Waals surface area contributed by atoms with E-state index in [-0.39, 0.29) is 5.92 Å². The van der Waals surface area contributed by atoms with Gasteiger partial charge in [-0.1, -0.05) is 23.7 Å². The summed E-state index contributed by atoms with van der Waals surface area (Å²) in [5, 5.41) is 9.62. The number of oxazole rings is 1. The molecule has 128 valence electrons. The first-order chi connectivity index (χ1) is 12.1. The van der Waals surface area contributed by atoms with Gasteiger partial charge >= 0.3 is 5.97 Å². The third-order valence-electron chi connectivity index (χ3n) is 4.59. The number of rotatable bonds is 4. The maximum Gasteiger partial charge on any atom is 0.335 e. The zero-order valence-electron chi connectivity index (χ0n) is 13.5. The van der Waals surface area contributed by atoms with Crippen LogP contribution >= 0.6 is 11.6 Å². The van der Waals surface area contributed by atoms with Gasteiger partial charge in [0.25, 0.3) is 0 Å². The zero-order valence-corrected chi connectivity index (χ0v) is 14.2. The highest BCUT2D eigenvalue weighted by Gasteiger charge is 2.27. The molecular formula is C19H17ClN2O3. The first-order valence-corrected chi connectivity index (χ1v) is 8.57. The van der Waals surface area contributed by atoms with Crippen molar-refractivity contribution in [2.75, 3.05) is 13.1 Å². The van der Waals surface area contributed by atoms with Crippen LogP contribution in [-0.4, -0.2) is 34.0 Å². The Morgan fingerprint density at radius 2 is 2.08 bits per heavy atom. The molecule has 6 heteroatoms. The molecule has 5 nitrogen and oxygen atoms in total. The highest BCUT2D eigenvalue weighted by Crippen LogP contribution is 2.30. The molecule has 1 saturated heterocycles. The van der Waals surface area contributed by atoms with Crippen molar-refractivity contribution in [1.29, 1.82) is 0 Å². The number of carboxylic acids is 1. The van der Waals surface area contributed by atoms with E-state index in [1.807, 2.05) is 24.3 Å². The summed E-state index contributed by atoms with van der Waals surface area (Å²) in [6.45, 7) is 2.63. The molecule has 1 N–H and O–H groups in total. The van der Waals surface area contributed by atoms with Crippen molar-refractivity contribution >= 4 is 28.7 Å². The third-order valence-corrected chi connectivity index (χ3v) is 4.83. The van der Waals surface area contributed by atoms with Gasteiger partial charge < -0.3 is 9.52 Å². The lowest BCUT2D eigenvalue weighted by Gasteiger charge is -2.15. The van der Waals surface area contributed by atoms with Crippen LogP contribution in [0, 0.1) is 0 Å². The molecule has 2 aromatic carbocycles. The highest BCUT2D eigenvalue weighted by molar-refractivity contribution is 6.31. The normalized spacial score (nSPS) is 18.0. The second kappa shape index (κ2) is 6.50. The number of carboxylic acid groups (broad SMARTS) is 1. The number of likely N-dealkylation sites (tertiary alicyclic amines) is 1. The van der Waals surface area contributed by atoms with E-state index >= 15 is 0 Å². The van der Waals surface area contributed by atoms with E-state index in [1.165, 1.54) is 0 Å². The molecule has 1 aliphatic rings. The number of hydrogen-bond donors (Lipinski definition) is 1. The predicted octanol–water partition coefficient (Wildman–Crippen LogP) is 4.17. The summed E-state index contributed by atoms with van der Waals surface area (Å²) in [4.78, 5) is 17.8. The van der Waals surface area contributed by atoms with Gasteiger partial charge in [0.15, 0.2) is 11.5 Å². The van der Waals surface area contributed by atoms with Crippen LogP contribution in [0.25, 0.3) is 11.1 Å². The Labute approximate surface area is 149 Å². The number of carbonyl (C=O) groups is 1. The Kier molecular flexibility index (Phi) is 4.19. The summed E-state index contributed by atoms with van der Waals surface area (Å²) in [5.74, 6) is 0.134. The zero-order chi connectivity index (χ0) is 17.4. The lowest BCUT2D eigenvalue weighted by Crippen LogP contribution is -2.19. The molecule has 25 heavy (non-hydrogen) atoms. The first-order valence-electron chi connectivity index (χ1n) is 8.19. The van der Waals surface area contributed by atoms with E-state index in [0.29, 0.717) is 10.6 Å². The molecule has 4 rings (SSSR count). The average molecular weight is 357 g/mol. The fourth-order valence-electron chi connectivity index (χ4n) is 3.28. The monoisotopic (exact) mass is 356 g/mol. The quantitative estimate of drug-likeness (QED) is 0.760. The minimum atomic E-state index is -0.899. The van der Waals surface area contributed by atoms with Crippen molar-refractivity contribution in [1.82, 2.24) is 9.88 Å². The van der Waals surface area contributed by atoms with Crippen LogP contribution in [-0.2, 0) is 6.54 Å². The van der Waals surface area contributed by atoms with Gasteiger partial charge in [0.05, 0.1) is 5.56 Å². The van der Waals surface area contributed by atoms with Crippen LogP contribution in [0.5, 0.6) is 0 Å². The second-order valence-electron chi connectivity index (χ2n) is 6.39. The maximum atomic E-state index is 10.9. The Morgan fingerprint density at radius 1 is 1.28 bits per heavy atom. The summed E-state index contributed by atoms with van der Waals surface area (Å²) < 4.78 is 5.89. The number of aromatic carboxylic acids is 1. The predicted molar refractivity (Wildman–Crippen MR) is 95.1 cm³/mol. The van der Waals surface area contributed by atoms with Crippen LogP contribution in [0.2, 0.25) is 5.02 Å². The van der Waals surface area contributed by atoms with Crippen molar-refractivity contribution in [3.8, 4) is 0 Å². The molecule has 0 aliphatic carbocycles. The van der Waals surface area contributed by atoms with Gasteiger partial charge in [-0.15, -0.1) is 0 Å². The van der Waals surface area contributed by atoms with E-state index in [0.717, 1.165) is 48.6 Å². The van der Waals surface area contributed by atoms with Gasteiger partial charge in [-0.3, -0.25) is 4.90 Å². The maximum absolute atomic E-state index is 10.9. The minimum Gasteiger partial charge on any atom is -0.478 e. The number of nitrogens with zero attached hydrogens (tertiary/aromatic N) is 2. The van der Waals surface area contributed by atoms with Crippen molar-refractivity contribution in [2.24, 2.45) is 0 Å². The van der Waals surface area contributed by atoms with Gasteiger partial charge in [0.2, 0.25) is 0 Å². The SMILES string of the molecule is O=C(O)c1ccc(CN2CCC(c3nc4cc(Cl)ccc4o3)C2)cc1. The lowest BCUT2D eigenvalue weighted by atomic mass is 10.1. The molecule has 2 heterocycles. The number of benzene rings is 2. The summed E-state index contributed by atoms with van der Waals surface area (Å²) in [6, 6.07) is 12.5. The highest BCUT2D eigenvalue weighted by atomic mass is 35.5. The summed E-state index contributed by atoms with van der Waals surface area (Å²) in [5.41, 5.74) is 2.98. The largest absolute Gasteiger partial charge is 0.478 e. The summed E-state index contributed by atoms with van der Waals surface area (Å²) in [6.07, 6.45) is 0.994. The molecule has 0 bridgehead atoms. The number of hydrogen-bond acceptors (Lipinski definition) is 4. The topological polar surface area (TPSA) is 66.6 Å². The molecule has 1 aliphatic heterocycles. The second-order valence-corrected chi connectivity index (χ2v) is 6.82. The molecule has 0 spiro atoms. The van der Waals surface area contributed by atoms with Crippen molar-refractivity contribution < 1.29 is 14.3 Å². The van der Waals surface area contributed by atoms with E-state index in [4.69, 9.17) is 21.1 Å². The van der Waals surface area contributed by atoms with E-state index in [1.54, 1.807) is 18.2 Å². The Balaban J connectivity index is 1.44. The van der Waals surface area contributed by atoms with Crippen molar-refractivity contribution in [3.05, 3.63) is 64.5 Å². The van der Waals surface area contributed by atoms with Crippen LogP contribution in [0.15, 0.2) is 46.9 Å².